The molecule has 1 rings (SSSR count). The molecule has 12 heavy (non-hydrogen) atoms. The lowest BCUT2D eigenvalue weighted by atomic mass is 10.1. The van der Waals surface area contributed by atoms with Crippen molar-refractivity contribution in [3.05, 3.63) is 34.3 Å². The number of carbonyl (C=O) groups excluding carboxylic acids is 1. The molecular weight excluding hydrogens is 174 g/mol. The lowest BCUT2D eigenvalue weighted by Crippen LogP contribution is -2.14. The molecular formula is C9H10ClNO. The molecule has 64 valence electrons. The fourth-order valence-electron chi connectivity index (χ4n) is 1.14. The van der Waals surface area contributed by atoms with Gasteiger partial charge in [0, 0.05) is 0 Å². The predicted octanol–water partition coefficient (Wildman–Crippen LogP) is 2.00. The number of benzene rings is 1. The third-order valence-electron chi connectivity index (χ3n) is 1.73. The third-order valence-corrected chi connectivity index (χ3v) is 2.04. The minimum atomic E-state index is -0.461. The van der Waals surface area contributed by atoms with E-state index < -0.39 is 5.91 Å². The molecule has 0 heterocycles. The Kier molecular flexibility index (Phi) is 2.71. The van der Waals surface area contributed by atoms with Gasteiger partial charge in [-0.1, -0.05) is 30.7 Å². The smallest absolute Gasteiger partial charge is 0.250 e. The van der Waals surface area contributed by atoms with Crippen LogP contribution >= 0.6 is 11.6 Å². The van der Waals surface area contributed by atoms with Crippen molar-refractivity contribution in [3.63, 3.8) is 0 Å². The lowest BCUT2D eigenvalue weighted by molar-refractivity contribution is 0.0999. The lowest BCUT2D eigenvalue weighted by Gasteiger charge is -2.04. The van der Waals surface area contributed by atoms with Gasteiger partial charge < -0.3 is 5.73 Å². The average molecular weight is 184 g/mol. The first-order valence-corrected chi connectivity index (χ1v) is 4.11. The van der Waals surface area contributed by atoms with Gasteiger partial charge in [0.2, 0.25) is 5.91 Å². The topological polar surface area (TPSA) is 43.1 Å². The van der Waals surface area contributed by atoms with Crippen molar-refractivity contribution in [1.29, 1.82) is 0 Å². The van der Waals surface area contributed by atoms with E-state index in [-0.39, 0.29) is 0 Å². The summed E-state index contributed by atoms with van der Waals surface area (Å²) in [6.45, 7) is 1.96. The second kappa shape index (κ2) is 3.59. The molecule has 0 fully saturated rings. The Morgan fingerprint density at radius 2 is 2.25 bits per heavy atom. The van der Waals surface area contributed by atoms with E-state index in [0.29, 0.717) is 10.6 Å². The average Bonchev–Trinajstić information content (AvgIpc) is 2.03. The molecule has 1 amide bonds. The van der Waals surface area contributed by atoms with Crippen LogP contribution in [0.15, 0.2) is 18.2 Å². The van der Waals surface area contributed by atoms with Gasteiger partial charge in [-0.3, -0.25) is 4.79 Å². The zero-order valence-electron chi connectivity index (χ0n) is 6.80. The molecule has 1 aromatic carbocycles. The Morgan fingerprint density at radius 1 is 1.58 bits per heavy atom. The van der Waals surface area contributed by atoms with Crippen molar-refractivity contribution in [3.8, 4) is 0 Å². The number of rotatable bonds is 2. The summed E-state index contributed by atoms with van der Waals surface area (Å²) in [7, 11) is 0. The zero-order chi connectivity index (χ0) is 9.14. The van der Waals surface area contributed by atoms with Crippen LogP contribution in [0.2, 0.25) is 5.02 Å². The van der Waals surface area contributed by atoms with Crippen LogP contribution in [-0.2, 0) is 6.42 Å². The molecule has 0 saturated carbocycles. The van der Waals surface area contributed by atoms with Crippen LogP contribution in [0.3, 0.4) is 0 Å². The highest BCUT2D eigenvalue weighted by Gasteiger charge is 2.09. The maximum atomic E-state index is 10.9. The minimum absolute atomic E-state index is 0.432. The highest BCUT2D eigenvalue weighted by molar-refractivity contribution is 6.34. The number of nitrogens with two attached hydrogens (primary N) is 1. The van der Waals surface area contributed by atoms with E-state index >= 15 is 0 Å². The number of amides is 1. The van der Waals surface area contributed by atoms with Crippen LogP contribution < -0.4 is 5.73 Å². The molecule has 0 aliphatic carbocycles. The minimum Gasteiger partial charge on any atom is -0.366 e. The Morgan fingerprint density at radius 3 is 2.67 bits per heavy atom. The molecule has 0 bridgehead atoms. The van der Waals surface area contributed by atoms with Crippen molar-refractivity contribution in [2.24, 2.45) is 5.73 Å². The van der Waals surface area contributed by atoms with Crippen LogP contribution in [0.1, 0.15) is 22.8 Å². The second-order valence-corrected chi connectivity index (χ2v) is 2.90. The van der Waals surface area contributed by atoms with Gasteiger partial charge in [-0.05, 0) is 18.1 Å². The molecule has 3 heteroatoms. The predicted molar refractivity (Wildman–Crippen MR) is 49.3 cm³/mol. The molecule has 0 unspecified atom stereocenters. The molecule has 0 aliphatic heterocycles. The highest BCUT2D eigenvalue weighted by atomic mass is 35.5. The Labute approximate surface area is 76.3 Å². The van der Waals surface area contributed by atoms with Gasteiger partial charge in [0.05, 0.1) is 10.6 Å². The van der Waals surface area contributed by atoms with E-state index in [0.717, 1.165) is 12.0 Å². The van der Waals surface area contributed by atoms with Crippen molar-refractivity contribution < 1.29 is 4.79 Å². The molecule has 0 spiro atoms. The van der Waals surface area contributed by atoms with Crippen LogP contribution in [0, 0.1) is 0 Å². The quantitative estimate of drug-likeness (QED) is 0.749. The summed E-state index contributed by atoms with van der Waals surface area (Å²) < 4.78 is 0. The van der Waals surface area contributed by atoms with E-state index in [1.54, 1.807) is 6.07 Å². The summed E-state index contributed by atoms with van der Waals surface area (Å²) in [4.78, 5) is 10.9. The van der Waals surface area contributed by atoms with Crippen molar-refractivity contribution in [2.75, 3.05) is 0 Å². The highest BCUT2D eigenvalue weighted by Crippen LogP contribution is 2.19. The molecule has 0 radical (unpaired) electrons. The standard InChI is InChI=1S/C9H10ClNO/c1-2-6-4-3-5-7(10)8(6)9(11)12/h3-5H,2H2,1H3,(H2,11,12). The molecule has 2 nitrogen and oxygen atoms in total. The van der Waals surface area contributed by atoms with Gasteiger partial charge in [0.15, 0.2) is 0 Å². The molecule has 0 atom stereocenters. The number of hydrogen-bond acceptors (Lipinski definition) is 1. The van der Waals surface area contributed by atoms with Crippen molar-refractivity contribution in [2.45, 2.75) is 13.3 Å². The van der Waals surface area contributed by atoms with E-state index in [1.807, 2.05) is 19.1 Å². The number of primary amides is 1. The van der Waals surface area contributed by atoms with Crippen LogP contribution in [-0.4, -0.2) is 5.91 Å². The summed E-state index contributed by atoms with van der Waals surface area (Å²) in [5.74, 6) is -0.461. The number of aryl methyl sites for hydroxylation is 1. The van der Waals surface area contributed by atoms with E-state index in [9.17, 15) is 4.79 Å². The Balaban J connectivity index is 3.29. The SMILES string of the molecule is CCc1cccc(Cl)c1C(N)=O. The van der Waals surface area contributed by atoms with Gasteiger partial charge >= 0.3 is 0 Å². The van der Waals surface area contributed by atoms with Gasteiger partial charge in [0.25, 0.3) is 0 Å². The summed E-state index contributed by atoms with van der Waals surface area (Å²) in [5, 5.41) is 0.432. The van der Waals surface area contributed by atoms with Gasteiger partial charge in [-0.25, -0.2) is 0 Å². The Hall–Kier alpha value is -1.02. The van der Waals surface area contributed by atoms with Gasteiger partial charge in [-0.15, -0.1) is 0 Å². The first-order chi connectivity index (χ1) is 5.66. The van der Waals surface area contributed by atoms with Crippen molar-refractivity contribution in [1.82, 2.24) is 0 Å². The van der Waals surface area contributed by atoms with Crippen LogP contribution in [0.4, 0.5) is 0 Å². The fourth-order valence-corrected chi connectivity index (χ4v) is 1.43. The van der Waals surface area contributed by atoms with E-state index in [2.05, 4.69) is 0 Å². The molecule has 0 aromatic heterocycles. The monoisotopic (exact) mass is 183 g/mol. The maximum Gasteiger partial charge on any atom is 0.250 e. The number of carbonyl (C=O) groups is 1. The first-order valence-electron chi connectivity index (χ1n) is 3.74. The maximum absolute atomic E-state index is 10.9. The van der Waals surface area contributed by atoms with Crippen LogP contribution in [0.25, 0.3) is 0 Å². The number of halogens is 1. The molecule has 0 aliphatic rings. The van der Waals surface area contributed by atoms with E-state index in [1.165, 1.54) is 0 Å². The molecule has 0 saturated heterocycles. The normalized spacial score (nSPS) is 9.83. The molecule has 2 N–H and O–H groups in total. The zero-order valence-corrected chi connectivity index (χ0v) is 7.56. The van der Waals surface area contributed by atoms with Crippen LogP contribution in [0.5, 0.6) is 0 Å². The summed E-state index contributed by atoms with van der Waals surface area (Å²) in [6, 6.07) is 5.33. The Bertz CT molecular complexity index is 309. The first kappa shape index (κ1) is 9.07. The summed E-state index contributed by atoms with van der Waals surface area (Å²) >= 11 is 5.80. The number of hydrogen-bond donors (Lipinski definition) is 1. The summed E-state index contributed by atoms with van der Waals surface area (Å²) in [6.07, 6.45) is 0.763. The fraction of sp³-hybridized carbons (Fsp3) is 0.222. The van der Waals surface area contributed by atoms with Crippen molar-refractivity contribution >= 4 is 17.5 Å². The van der Waals surface area contributed by atoms with Gasteiger partial charge in [-0.2, -0.15) is 0 Å². The second-order valence-electron chi connectivity index (χ2n) is 2.49. The molecule has 1 aromatic rings. The third kappa shape index (κ3) is 1.59. The van der Waals surface area contributed by atoms with Gasteiger partial charge in [0.1, 0.15) is 0 Å². The summed E-state index contributed by atoms with van der Waals surface area (Å²) in [5.41, 5.74) is 6.51. The largest absolute Gasteiger partial charge is 0.366 e. The van der Waals surface area contributed by atoms with E-state index in [4.69, 9.17) is 17.3 Å².